The molecule has 0 aromatic heterocycles. The number of nitrogens with zero attached hydrogens (tertiary/aromatic N) is 1. The van der Waals surface area contributed by atoms with Gasteiger partial charge in [0.1, 0.15) is 5.82 Å². The Bertz CT molecular complexity index is 395. The molecule has 19 heavy (non-hydrogen) atoms. The van der Waals surface area contributed by atoms with Crippen molar-refractivity contribution in [2.75, 3.05) is 25.1 Å². The molecule has 1 rings (SSSR count). The highest BCUT2D eigenvalue weighted by Crippen LogP contribution is 2.24. The summed E-state index contributed by atoms with van der Waals surface area (Å²) in [6, 6.07) is 6.76. The first kappa shape index (κ1) is 15.9. The first-order chi connectivity index (χ1) is 8.93. The van der Waals surface area contributed by atoms with Crippen LogP contribution in [0.4, 0.5) is 10.1 Å². The van der Waals surface area contributed by atoms with Crippen molar-refractivity contribution in [2.45, 2.75) is 38.8 Å². The molecule has 0 aliphatic heterocycles. The number of benzene rings is 1. The van der Waals surface area contributed by atoms with Gasteiger partial charge < -0.3 is 15.4 Å². The number of hydrogen-bond acceptors (Lipinski definition) is 3. The minimum Gasteiger partial charge on any atom is -0.379 e. The lowest BCUT2D eigenvalue weighted by atomic mass is 9.97. The molecule has 108 valence electrons. The predicted molar refractivity (Wildman–Crippen MR) is 78.0 cm³/mol. The number of likely N-dealkylation sites (N-methyl/N-ethyl adjacent to an activating group) is 1. The van der Waals surface area contributed by atoms with E-state index in [0.29, 0.717) is 6.54 Å². The molecule has 3 nitrogen and oxygen atoms in total. The van der Waals surface area contributed by atoms with Crippen LogP contribution in [0.5, 0.6) is 0 Å². The van der Waals surface area contributed by atoms with E-state index >= 15 is 0 Å². The molecule has 0 aliphatic carbocycles. The molecule has 1 atom stereocenters. The van der Waals surface area contributed by atoms with Crippen LogP contribution in [0.15, 0.2) is 24.3 Å². The van der Waals surface area contributed by atoms with Crippen LogP contribution in [0.25, 0.3) is 0 Å². The molecule has 0 fully saturated rings. The Balaban J connectivity index is 2.93. The number of nitrogens with two attached hydrogens (primary N) is 1. The highest BCUT2D eigenvalue weighted by Gasteiger charge is 2.26. The number of hydrogen-bond donors (Lipinski definition) is 1. The van der Waals surface area contributed by atoms with Crippen LogP contribution < -0.4 is 10.6 Å². The number of anilines is 1. The maximum absolute atomic E-state index is 13.4. The van der Waals surface area contributed by atoms with Gasteiger partial charge in [0.2, 0.25) is 0 Å². The zero-order valence-corrected chi connectivity index (χ0v) is 12.3. The molecule has 2 N–H and O–H groups in total. The minimum absolute atomic E-state index is 0.127. The zero-order valence-electron chi connectivity index (χ0n) is 12.3. The second-order valence-electron chi connectivity index (χ2n) is 5.32. The Morgan fingerprint density at radius 2 is 2.11 bits per heavy atom. The number of rotatable bonds is 7. The highest BCUT2D eigenvalue weighted by atomic mass is 19.1. The van der Waals surface area contributed by atoms with Crippen molar-refractivity contribution in [3.05, 3.63) is 30.1 Å². The predicted octanol–water partition coefficient (Wildman–Crippen LogP) is 2.79. The number of ether oxygens (including phenoxy) is 1. The van der Waals surface area contributed by atoms with Gasteiger partial charge in [-0.1, -0.05) is 6.07 Å². The van der Waals surface area contributed by atoms with Crippen molar-refractivity contribution >= 4 is 5.69 Å². The maximum Gasteiger partial charge on any atom is 0.125 e. The smallest absolute Gasteiger partial charge is 0.125 e. The highest BCUT2D eigenvalue weighted by molar-refractivity contribution is 5.47. The van der Waals surface area contributed by atoms with Gasteiger partial charge in [0.05, 0.1) is 5.60 Å². The van der Waals surface area contributed by atoms with E-state index in [4.69, 9.17) is 10.5 Å². The summed E-state index contributed by atoms with van der Waals surface area (Å²) in [6.45, 7) is 7.42. The largest absolute Gasteiger partial charge is 0.379 e. The Hall–Kier alpha value is -1.13. The quantitative estimate of drug-likeness (QED) is 0.826. The van der Waals surface area contributed by atoms with E-state index in [0.717, 1.165) is 18.7 Å². The normalized spacial score (nSPS) is 13.4. The second kappa shape index (κ2) is 6.87. The van der Waals surface area contributed by atoms with Gasteiger partial charge in [-0.05, 0) is 45.4 Å². The summed E-state index contributed by atoms with van der Waals surface area (Å²) in [7, 11) is 1.70. The van der Waals surface area contributed by atoms with Crippen LogP contribution in [0, 0.1) is 5.82 Å². The van der Waals surface area contributed by atoms with E-state index in [1.807, 2.05) is 26.8 Å². The summed E-state index contributed by atoms with van der Waals surface area (Å²) in [5, 5.41) is 0. The molecule has 4 heteroatoms. The van der Waals surface area contributed by atoms with E-state index in [1.54, 1.807) is 19.2 Å². The monoisotopic (exact) mass is 268 g/mol. The SMILES string of the molecule is CCN(c1cccc(F)c1)C(CN)CC(C)(C)OC. The Morgan fingerprint density at radius 1 is 1.42 bits per heavy atom. The molecule has 0 amide bonds. The van der Waals surface area contributed by atoms with Gasteiger partial charge in [0.15, 0.2) is 0 Å². The van der Waals surface area contributed by atoms with Gasteiger partial charge in [-0.3, -0.25) is 0 Å². The zero-order chi connectivity index (χ0) is 14.5. The maximum atomic E-state index is 13.4. The summed E-state index contributed by atoms with van der Waals surface area (Å²) in [4.78, 5) is 2.13. The van der Waals surface area contributed by atoms with Crippen molar-refractivity contribution in [1.82, 2.24) is 0 Å². The van der Waals surface area contributed by atoms with Crippen LogP contribution in [0.1, 0.15) is 27.2 Å². The molecule has 0 bridgehead atoms. The first-order valence-corrected chi connectivity index (χ1v) is 6.71. The van der Waals surface area contributed by atoms with E-state index in [1.165, 1.54) is 6.07 Å². The number of halogens is 1. The van der Waals surface area contributed by atoms with E-state index in [2.05, 4.69) is 4.90 Å². The van der Waals surface area contributed by atoms with Crippen molar-refractivity contribution in [2.24, 2.45) is 5.73 Å². The molecule has 0 saturated carbocycles. The van der Waals surface area contributed by atoms with E-state index in [-0.39, 0.29) is 17.5 Å². The average Bonchev–Trinajstić information content (AvgIpc) is 2.38. The fourth-order valence-electron chi connectivity index (χ4n) is 2.28. The van der Waals surface area contributed by atoms with Gasteiger partial charge in [-0.15, -0.1) is 0 Å². The summed E-state index contributed by atoms with van der Waals surface area (Å²) in [6.07, 6.45) is 0.796. The fraction of sp³-hybridized carbons (Fsp3) is 0.600. The summed E-state index contributed by atoms with van der Waals surface area (Å²) in [5.41, 5.74) is 6.52. The van der Waals surface area contributed by atoms with Crippen molar-refractivity contribution < 1.29 is 9.13 Å². The Morgan fingerprint density at radius 3 is 2.58 bits per heavy atom. The Labute approximate surface area is 115 Å². The van der Waals surface area contributed by atoms with E-state index in [9.17, 15) is 4.39 Å². The molecule has 1 aromatic carbocycles. The third-order valence-electron chi connectivity index (χ3n) is 3.47. The third-order valence-corrected chi connectivity index (χ3v) is 3.47. The van der Waals surface area contributed by atoms with Crippen LogP contribution >= 0.6 is 0 Å². The molecule has 0 heterocycles. The molecule has 0 spiro atoms. The van der Waals surface area contributed by atoms with Crippen molar-refractivity contribution in [3.63, 3.8) is 0 Å². The summed E-state index contributed by atoms with van der Waals surface area (Å²) >= 11 is 0. The molecule has 0 saturated heterocycles. The van der Waals surface area contributed by atoms with Crippen LogP contribution in [-0.2, 0) is 4.74 Å². The molecule has 0 aliphatic rings. The second-order valence-corrected chi connectivity index (χ2v) is 5.32. The lowest BCUT2D eigenvalue weighted by Crippen LogP contribution is -2.45. The van der Waals surface area contributed by atoms with E-state index < -0.39 is 0 Å². The topological polar surface area (TPSA) is 38.5 Å². The minimum atomic E-state index is -0.245. The van der Waals surface area contributed by atoms with Gasteiger partial charge >= 0.3 is 0 Å². The van der Waals surface area contributed by atoms with Gasteiger partial charge in [-0.25, -0.2) is 4.39 Å². The molecule has 1 aromatic rings. The standard InChI is InChI=1S/C15H25FN2O/c1-5-18(13-8-6-7-12(16)9-13)14(11-17)10-15(2,3)19-4/h6-9,14H,5,10-11,17H2,1-4H3. The van der Waals surface area contributed by atoms with Crippen molar-refractivity contribution in [3.8, 4) is 0 Å². The molecule has 0 radical (unpaired) electrons. The summed E-state index contributed by atoms with van der Waals surface area (Å²) in [5.74, 6) is -0.224. The summed E-state index contributed by atoms with van der Waals surface area (Å²) < 4.78 is 18.8. The molecular formula is C15H25FN2O. The van der Waals surface area contributed by atoms with Crippen LogP contribution in [0.2, 0.25) is 0 Å². The fourth-order valence-corrected chi connectivity index (χ4v) is 2.28. The average molecular weight is 268 g/mol. The van der Waals surface area contributed by atoms with Gasteiger partial charge in [-0.2, -0.15) is 0 Å². The third kappa shape index (κ3) is 4.48. The van der Waals surface area contributed by atoms with Crippen LogP contribution in [-0.4, -0.2) is 31.8 Å². The lowest BCUT2D eigenvalue weighted by Gasteiger charge is -2.36. The molecule has 1 unspecified atom stereocenters. The first-order valence-electron chi connectivity index (χ1n) is 6.71. The van der Waals surface area contributed by atoms with Crippen molar-refractivity contribution in [1.29, 1.82) is 0 Å². The van der Waals surface area contributed by atoms with Gasteiger partial charge in [0, 0.05) is 31.9 Å². The molecular weight excluding hydrogens is 243 g/mol. The van der Waals surface area contributed by atoms with Crippen LogP contribution in [0.3, 0.4) is 0 Å². The van der Waals surface area contributed by atoms with Gasteiger partial charge in [0.25, 0.3) is 0 Å². The lowest BCUT2D eigenvalue weighted by molar-refractivity contribution is 0.0101. The number of methoxy groups -OCH3 is 1. The Kier molecular flexibility index (Phi) is 5.76.